The summed E-state index contributed by atoms with van der Waals surface area (Å²) in [5.41, 5.74) is 4.73. The normalized spacial score (nSPS) is 10.5. The fourth-order valence-corrected chi connectivity index (χ4v) is 3.18. The topological polar surface area (TPSA) is 89.0 Å². The first-order chi connectivity index (χ1) is 14.5. The van der Waals surface area contributed by atoms with Gasteiger partial charge in [0.2, 0.25) is 11.8 Å². The van der Waals surface area contributed by atoms with Crippen molar-refractivity contribution < 1.29 is 19.1 Å². The maximum atomic E-state index is 12.1. The first-order valence-corrected chi connectivity index (χ1v) is 10.1. The number of ether oxygens (including phenoxy) is 2. The molecule has 0 aromatic heterocycles. The fraction of sp³-hybridized carbons (Fsp3) is 0.227. The number of nitrogens with one attached hydrogen (secondary N) is 2. The smallest absolute Gasteiger partial charge is 0.249 e. The van der Waals surface area contributed by atoms with E-state index in [0.29, 0.717) is 33.8 Å². The number of para-hydroxylation sites is 1. The zero-order valence-electron chi connectivity index (χ0n) is 16.9. The molecule has 2 aromatic carbocycles. The zero-order chi connectivity index (χ0) is 21.9. The molecule has 158 valence electrons. The molecule has 2 rings (SSSR count). The highest BCUT2D eigenvalue weighted by atomic mass is 79.9. The number of rotatable bonds is 10. The van der Waals surface area contributed by atoms with Crippen LogP contribution < -0.4 is 20.2 Å². The maximum absolute atomic E-state index is 12.1. The van der Waals surface area contributed by atoms with E-state index in [9.17, 15) is 9.59 Å². The lowest BCUT2D eigenvalue weighted by atomic mass is 10.1. The van der Waals surface area contributed by atoms with Gasteiger partial charge >= 0.3 is 0 Å². The quantitative estimate of drug-likeness (QED) is 0.235. The van der Waals surface area contributed by atoms with Crippen molar-refractivity contribution >= 4 is 39.6 Å². The van der Waals surface area contributed by atoms with Crippen LogP contribution in [-0.2, 0) is 16.0 Å². The van der Waals surface area contributed by atoms with Crippen LogP contribution in [0.15, 0.2) is 58.6 Å². The van der Waals surface area contributed by atoms with Crippen LogP contribution in [0.4, 0.5) is 5.69 Å². The predicted octanol–water partition coefficient (Wildman–Crippen LogP) is 4.06. The summed E-state index contributed by atoms with van der Waals surface area (Å²) in [7, 11) is 1.53. The van der Waals surface area contributed by atoms with Crippen LogP contribution in [0.5, 0.6) is 11.5 Å². The summed E-state index contributed by atoms with van der Waals surface area (Å²) in [4.78, 5) is 24.1. The molecule has 0 atom stereocenters. The highest BCUT2D eigenvalue weighted by molar-refractivity contribution is 9.10. The number of hydrogen-bond donors (Lipinski definition) is 2. The third kappa shape index (κ3) is 6.73. The van der Waals surface area contributed by atoms with E-state index in [1.54, 1.807) is 24.3 Å². The van der Waals surface area contributed by atoms with Crippen LogP contribution in [0.25, 0.3) is 0 Å². The van der Waals surface area contributed by atoms with Gasteiger partial charge in [-0.15, -0.1) is 0 Å². The van der Waals surface area contributed by atoms with Crippen molar-refractivity contribution in [2.24, 2.45) is 5.10 Å². The van der Waals surface area contributed by atoms with Crippen molar-refractivity contribution in [3.8, 4) is 11.5 Å². The standard InChI is InChI=1S/C22H24BrN3O4/c1-4-10-30-22-17(23)11-15(12-19(22)29-3)14-24-26-21(28)13-20(27)25-18-9-7-6-8-16(18)5-2/h4,6-9,11-12,14H,1,5,10,13H2,2-3H3,(H,25,27)(H,26,28). The number of nitrogens with zero attached hydrogens (tertiary/aromatic N) is 1. The van der Waals surface area contributed by atoms with Crippen molar-refractivity contribution in [2.45, 2.75) is 19.8 Å². The van der Waals surface area contributed by atoms with Gasteiger partial charge in [-0.1, -0.05) is 37.8 Å². The summed E-state index contributed by atoms with van der Waals surface area (Å²) in [6, 6.07) is 11.0. The summed E-state index contributed by atoms with van der Waals surface area (Å²) in [6.45, 7) is 5.95. The van der Waals surface area contributed by atoms with E-state index in [0.717, 1.165) is 12.0 Å². The van der Waals surface area contributed by atoms with Crippen LogP contribution in [0.1, 0.15) is 24.5 Å². The third-order valence-corrected chi connectivity index (χ3v) is 4.58. The van der Waals surface area contributed by atoms with Crippen molar-refractivity contribution in [3.63, 3.8) is 0 Å². The number of carbonyl (C=O) groups is 2. The molecule has 0 aliphatic carbocycles. The second kappa shape index (κ2) is 11.8. The Hall–Kier alpha value is -3.13. The van der Waals surface area contributed by atoms with E-state index in [2.05, 4.69) is 38.4 Å². The molecule has 0 radical (unpaired) electrons. The van der Waals surface area contributed by atoms with Gasteiger partial charge in [0.05, 0.1) is 17.8 Å². The van der Waals surface area contributed by atoms with Gasteiger partial charge in [0.15, 0.2) is 11.5 Å². The van der Waals surface area contributed by atoms with E-state index in [-0.39, 0.29) is 6.42 Å². The molecule has 8 heteroatoms. The van der Waals surface area contributed by atoms with Gasteiger partial charge in [0.1, 0.15) is 13.0 Å². The summed E-state index contributed by atoms with van der Waals surface area (Å²) in [5.74, 6) is 0.127. The molecule has 0 fully saturated rings. The molecular weight excluding hydrogens is 450 g/mol. The summed E-state index contributed by atoms with van der Waals surface area (Å²) in [6.07, 6.45) is 3.53. The lowest BCUT2D eigenvalue weighted by Gasteiger charge is -2.12. The number of halogens is 1. The molecule has 0 saturated heterocycles. The van der Waals surface area contributed by atoms with E-state index in [4.69, 9.17) is 9.47 Å². The molecule has 0 unspecified atom stereocenters. The van der Waals surface area contributed by atoms with E-state index in [1.165, 1.54) is 13.3 Å². The second-order valence-corrected chi connectivity index (χ2v) is 7.02. The monoisotopic (exact) mass is 473 g/mol. The molecule has 0 bridgehead atoms. The molecular formula is C22H24BrN3O4. The summed E-state index contributed by atoms with van der Waals surface area (Å²) >= 11 is 3.42. The first-order valence-electron chi connectivity index (χ1n) is 9.29. The van der Waals surface area contributed by atoms with Crippen LogP contribution >= 0.6 is 15.9 Å². The van der Waals surface area contributed by atoms with Gasteiger partial charge in [-0.2, -0.15) is 5.10 Å². The van der Waals surface area contributed by atoms with Gasteiger partial charge in [-0.25, -0.2) is 5.43 Å². The Bertz CT molecular complexity index is 944. The van der Waals surface area contributed by atoms with Crippen LogP contribution in [0.2, 0.25) is 0 Å². The number of anilines is 1. The third-order valence-electron chi connectivity index (χ3n) is 3.99. The average molecular weight is 474 g/mol. The molecule has 0 spiro atoms. The van der Waals surface area contributed by atoms with Crippen LogP contribution in [-0.4, -0.2) is 31.7 Å². The average Bonchev–Trinajstić information content (AvgIpc) is 2.72. The zero-order valence-corrected chi connectivity index (χ0v) is 18.5. The minimum atomic E-state index is -0.519. The molecule has 0 heterocycles. The van der Waals surface area contributed by atoms with Gasteiger partial charge in [-0.3, -0.25) is 9.59 Å². The van der Waals surface area contributed by atoms with Crippen LogP contribution in [0, 0.1) is 0 Å². The molecule has 0 aliphatic rings. The summed E-state index contributed by atoms with van der Waals surface area (Å²) < 4.78 is 11.6. The Balaban J connectivity index is 1.94. The molecule has 2 N–H and O–H groups in total. The minimum absolute atomic E-state index is 0.337. The molecule has 0 saturated carbocycles. The Morgan fingerprint density at radius 1 is 1.23 bits per heavy atom. The first kappa shape index (κ1) is 23.2. The Morgan fingerprint density at radius 2 is 2.00 bits per heavy atom. The largest absolute Gasteiger partial charge is 0.493 e. The molecule has 7 nitrogen and oxygen atoms in total. The highest BCUT2D eigenvalue weighted by Gasteiger charge is 2.12. The number of amides is 2. The Kier molecular flexibility index (Phi) is 9.08. The van der Waals surface area contributed by atoms with Crippen molar-refractivity contribution in [1.29, 1.82) is 0 Å². The Labute approximate surface area is 184 Å². The van der Waals surface area contributed by atoms with Gasteiger partial charge in [-0.05, 0) is 51.7 Å². The number of methoxy groups -OCH3 is 1. The molecule has 2 amide bonds. The lowest BCUT2D eigenvalue weighted by Crippen LogP contribution is -2.25. The van der Waals surface area contributed by atoms with E-state index < -0.39 is 11.8 Å². The number of aryl methyl sites for hydroxylation is 1. The van der Waals surface area contributed by atoms with Crippen LogP contribution in [0.3, 0.4) is 0 Å². The van der Waals surface area contributed by atoms with Gasteiger partial charge in [0, 0.05) is 5.69 Å². The van der Waals surface area contributed by atoms with E-state index in [1.807, 2.05) is 25.1 Å². The number of hydrazone groups is 1. The summed E-state index contributed by atoms with van der Waals surface area (Å²) in [5, 5.41) is 6.66. The minimum Gasteiger partial charge on any atom is -0.493 e. The van der Waals surface area contributed by atoms with Crippen molar-refractivity contribution in [2.75, 3.05) is 19.0 Å². The molecule has 0 aliphatic heterocycles. The number of hydrogen-bond acceptors (Lipinski definition) is 5. The van der Waals surface area contributed by atoms with Crippen molar-refractivity contribution in [3.05, 3.63) is 64.7 Å². The van der Waals surface area contributed by atoms with E-state index >= 15 is 0 Å². The molecule has 2 aromatic rings. The lowest BCUT2D eigenvalue weighted by molar-refractivity contribution is -0.126. The second-order valence-electron chi connectivity index (χ2n) is 6.16. The van der Waals surface area contributed by atoms with Gasteiger partial charge < -0.3 is 14.8 Å². The SMILES string of the molecule is C=CCOc1c(Br)cc(C=NNC(=O)CC(=O)Nc2ccccc2CC)cc1OC. The van der Waals surface area contributed by atoms with Crippen molar-refractivity contribution in [1.82, 2.24) is 5.43 Å². The fourth-order valence-electron chi connectivity index (χ4n) is 2.61. The molecule has 30 heavy (non-hydrogen) atoms. The highest BCUT2D eigenvalue weighted by Crippen LogP contribution is 2.36. The predicted molar refractivity (Wildman–Crippen MR) is 121 cm³/mol. The van der Waals surface area contributed by atoms with Gasteiger partial charge in [0.25, 0.3) is 0 Å². The maximum Gasteiger partial charge on any atom is 0.249 e. The Morgan fingerprint density at radius 3 is 2.70 bits per heavy atom. The number of carbonyl (C=O) groups excluding carboxylic acids is 2. The number of benzene rings is 2.